The van der Waals surface area contributed by atoms with Crippen molar-refractivity contribution in [3.05, 3.63) is 42.5 Å². The van der Waals surface area contributed by atoms with Crippen LogP contribution in [0.15, 0.2) is 42.5 Å². The van der Waals surface area contributed by atoms with Crippen LogP contribution in [0.2, 0.25) is 0 Å². The maximum absolute atomic E-state index is 13.2. The molecule has 0 saturated heterocycles. The highest BCUT2D eigenvalue weighted by Crippen LogP contribution is 2.47. The summed E-state index contributed by atoms with van der Waals surface area (Å²) in [7, 11) is 0. The fourth-order valence-electron chi connectivity index (χ4n) is 5.36. The standard InChI is InChI=1S/C26H25F5N2O8/c27-25(28,29)39-16-3-1-15(2-4-16)37-13-21(35)32-23-7-9-24(10-8-23,20(34)12-23)33-22(36)14-38-17-5-6-18-19(11-17)41-26(30,31)40-18/h1-6,11,20,34H,7-10,12-14H2,(H,32,35)(H,33,36). The molecule has 41 heavy (non-hydrogen) atoms. The molecule has 1 atom stereocenters. The molecule has 2 aromatic carbocycles. The van der Waals surface area contributed by atoms with Crippen LogP contribution >= 0.6 is 0 Å². The van der Waals surface area contributed by atoms with Crippen molar-refractivity contribution in [1.82, 2.24) is 10.6 Å². The fourth-order valence-corrected chi connectivity index (χ4v) is 5.36. The summed E-state index contributed by atoms with van der Waals surface area (Å²) >= 11 is 0. The van der Waals surface area contributed by atoms with Crippen LogP contribution < -0.4 is 34.3 Å². The molecule has 0 spiro atoms. The predicted octanol–water partition coefficient (Wildman–Crippen LogP) is 3.41. The van der Waals surface area contributed by atoms with Crippen molar-refractivity contribution < 1.29 is 60.3 Å². The molecule has 1 aliphatic heterocycles. The van der Waals surface area contributed by atoms with E-state index in [1.165, 1.54) is 30.3 Å². The smallest absolute Gasteiger partial charge is 0.484 e. The summed E-state index contributed by atoms with van der Waals surface area (Å²) in [6.07, 6.45) is -7.69. The number of fused-ring (bicyclic) bond motifs is 4. The number of hydrogen-bond acceptors (Lipinski definition) is 8. The number of carbonyl (C=O) groups is 2. The molecule has 0 radical (unpaired) electrons. The maximum Gasteiger partial charge on any atom is 0.586 e. The van der Waals surface area contributed by atoms with Gasteiger partial charge in [0, 0.05) is 11.6 Å². The topological polar surface area (TPSA) is 125 Å². The Balaban J connectivity index is 1.08. The highest BCUT2D eigenvalue weighted by molar-refractivity contribution is 5.79. The summed E-state index contributed by atoms with van der Waals surface area (Å²) in [5.74, 6) is -1.52. The Bertz CT molecular complexity index is 1300. The third-order valence-corrected chi connectivity index (χ3v) is 7.28. The van der Waals surface area contributed by atoms with Gasteiger partial charge in [-0.05, 0) is 68.5 Å². The summed E-state index contributed by atoms with van der Waals surface area (Å²) in [5.41, 5.74) is -1.62. The van der Waals surface area contributed by atoms with E-state index in [1.54, 1.807) is 0 Å². The summed E-state index contributed by atoms with van der Waals surface area (Å²) in [5, 5.41) is 16.6. The zero-order valence-corrected chi connectivity index (χ0v) is 21.3. The number of alkyl halides is 5. The molecule has 2 amide bonds. The molecule has 3 aliphatic carbocycles. The summed E-state index contributed by atoms with van der Waals surface area (Å²) < 4.78 is 86.5. The largest absolute Gasteiger partial charge is 0.586 e. The van der Waals surface area contributed by atoms with Crippen LogP contribution in [0.25, 0.3) is 0 Å². The first-order chi connectivity index (χ1) is 19.2. The molecule has 2 bridgehead atoms. The molecule has 222 valence electrons. The Labute approximate surface area is 229 Å². The number of amides is 2. The Morgan fingerprint density at radius 2 is 1.41 bits per heavy atom. The van der Waals surface area contributed by atoms with Crippen LogP contribution in [0.4, 0.5) is 22.0 Å². The van der Waals surface area contributed by atoms with E-state index in [9.17, 15) is 36.6 Å². The molecular weight excluding hydrogens is 563 g/mol. The third-order valence-electron chi connectivity index (χ3n) is 7.28. The van der Waals surface area contributed by atoms with Crippen LogP contribution in [0.5, 0.6) is 28.7 Å². The molecule has 6 rings (SSSR count). The van der Waals surface area contributed by atoms with Gasteiger partial charge in [-0.2, -0.15) is 0 Å². The zero-order valence-electron chi connectivity index (χ0n) is 21.3. The first kappa shape index (κ1) is 28.5. The summed E-state index contributed by atoms with van der Waals surface area (Å²) in [6, 6.07) is 8.36. The second kappa shape index (κ2) is 10.4. The molecule has 3 N–H and O–H groups in total. The number of halogens is 5. The zero-order chi connectivity index (χ0) is 29.5. The van der Waals surface area contributed by atoms with Gasteiger partial charge in [-0.15, -0.1) is 22.0 Å². The fraction of sp³-hybridized carbons (Fsp3) is 0.462. The van der Waals surface area contributed by atoms with Gasteiger partial charge in [-0.1, -0.05) is 0 Å². The van der Waals surface area contributed by atoms with Gasteiger partial charge in [-0.3, -0.25) is 9.59 Å². The normalized spacial score (nSPS) is 25.8. The number of benzene rings is 2. The molecule has 1 heterocycles. The van der Waals surface area contributed by atoms with Gasteiger partial charge >= 0.3 is 12.7 Å². The first-order valence-corrected chi connectivity index (χ1v) is 12.6. The highest BCUT2D eigenvalue weighted by atomic mass is 19.4. The van der Waals surface area contributed by atoms with Crippen LogP contribution in [0, 0.1) is 0 Å². The molecule has 3 fully saturated rings. The van der Waals surface area contributed by atoms with Gasteiger partial charge in [0.05, 0.1) is 11.6 Å². The average molecular weight is 588 g/mol. The van der Waals surface area contributed by atoms with Gasteiger partial charge in [0.2, 0.25) is 0 Å². The van der Waals surface area contributed by atoms with Crippen molar-refractivity contribution >= 4 is 11.8 Å². The van der Waals surface area contributed by atoms with Crippen LogP contribution in [0.1, 0.15) is 32.1 Å². The molecule has 2 aromatic rings. The predicted molar refractivity (Wildman–Crippen MR) is 128 cm³/mol. The highest BCUT2D eigenvalue weighted by Gasteiger charge is 2.55. The van der Waals surface area contributed by atoms with Crippen molar-refractivity contribution in [1.29, 1.82) is 0 Å². The lowest BCUT2D eigenvalue weighted by Crippen LogP contribution is -2.70. The van der Waals surface area contributed by atoms with E-state index in [0.29, 0.717) is 25.7 Å². The van der Waals surface area contributed by atoms with Gasteiger partial charge in [0.25, 0.3) is 11.8 Å². The molecule has 3 saturated carbocycles. The van der Waals surface area contributed by atoms with Gasteiger partial charge < -0.3 is 39.4 Å². The minimum absolute atomic E-state index is 0.111. The molecule has 4 aliphatic rings. The van der Waals surface area contributed by atoms with Crippen molar-refractivity contribution in [3.8, 4) is 28.7 Å². The molecule has 1 unspecified atom stereocenters. The van der Waals surface area contributed by atoms with E-state index in [1.807, 2.05) is 0 Å². The lowest BCUT2D eigenvalue weighted by Gasteiger charge is -2.56. The van der Waals surface area contributed by atoms with Gasteiger partial charge in [0.15, 0.2) is 24.7 Å². The second-order valence-electron chi connectivity index (χ2n) is 10.1. The molecule has 0 aromatic heterocycles. The number of carbonyl (C=O) groups excluding carboxylic acids is 2. The van der Waals surface area contributed by atoms with Crippen molar-refractivity contribution in [3.63, 3.8) is 0 Å². The summed E-state index contributed by atoms with van der Waals surface area (Å²) in [4.78, 5) is 25.2. The number of rotatable bonds is 9. The van der Waals surface area contributed by atoms with Crippen molar-refractivity contribution in [2.24, 2.45) is 0 Å². The Hall–Kier alpha value is -4.01. The summed E-state index contributed by atoms with van der Waals surface area (Å²) in [6.45, 7) is -0.832. The van der Waals surface area contributed by atoms with Crippen LogP contribution in [0.3, 0.4) is 0 Å². The number of ether oxygens (including phenoxy) is 5. The third kappa shape index (κ3) is 6.66. The molecular formula is C26H25F5N2O8. The Morgan fingerprint density at radius 1 is 0.854 bits per heavy atom. The van der Waals surface area contributed by atoms with Crippen molar-refractivity contribution in [2.45, 2.75) is 61.9 Å². The Kier molecular flexibility index (Phi) is 7.26. The minimum Gasteiger partial charge on any atom is -0.484 e. The molecule has 10 nitrogen and oxygen atoms in total. The van der Waals surface area contributed by atoms with E-state index < -0.39 is 60.6 Å². The average Bonchev–Trinajstić information content (AvgIpc) is 3.20. The van der Waals surface area contributed by atoms with Crippen LogP contribution in [-0.2, 0) is 9.59 Å². The van der Waals surface area contributed by atoms with Crippen molar-refractivity contribution in [2.75, 3.05) is 13.2 Å². The van der Waals surface area contributed by atoms with E-state index in [4.69, 9.17) is 9.47 Å². The minimum atomic E-state index is -4.82. The number of nitrogens with one attached hydrogen (secondary N) is 2. The Morgan fingerprint density at radius 3 is 2.05 bits per heavy atom. The number of aliphatic hydroxyl groups is 1. The lowest BCUT2D eigenvalue weighted by molar-refractivity contribution is -0.286. The number of hydrogen-bond donors (Lipinski definition) is 3. The molecule has 15 heteroatoms. The lowest BCUT2D eigenvalue weighted by atomic mass is 9.60. The van der Waals surface area contributed by atoms with E-state index >= 15 is 0 Å². The second-order valence-corrected chi connectivity index (χ2v) is 10.1. The van der Waals surface area contributed by atoms with E-state index in [2.05, 4.69) is 24.8 Å². The first-order valence-electron chi connectivity index (χ1n) is 12.6. The monoisotopic (exact) mass is 588 g/mol. The van der Waals surface area contributed by atoms with E-state index in [0.717, 1.165) is 12.1 Å². The van der Waals surface area contributed by atoms with Crippen LogP contribution in [-0.4, -0.2) is 60.0 Å². The van der Waals surface area contributed by atoms with Gasteiger partial charge in [0.1, 0.15) is 17.2 Å². The van der Waals surface area contributed by atoms with Gasteiger partial charge in [-0.25, -0.2) is 0 Å². The number of aliphatic hydroxyl groups excluding tert-OH is 1. The van der Waals surface area contributed by atoms with E-state index in [-0.39, 0.29) is 29.4 Å². The SMILES string of the molecule is O=C(COc1ccc(OC(F)(F)F)cc1)NC12CCC(NC(=O)COc3ccc4c(c3)OC(F)(F)O4)(CC1)C(O)C2. The quantitative estimate of drug-likeness (QED) is 0.381. The maximum atomic E-state index is 13.2.